The smallest absolute Gasteiger partial charge is 0.184 e. The summed E-state index contributed by atoms with van der Waals surface area (Å²) in [5, 5.41) is 0. The molecule has 4 nitrogen and oxygen atoms in total. The van der Waals surface area contributed by atoms with Gasteiger partial charge in [0.05, 0.1) is 32.7 Å². The zero-order valence-corrected chi connectivity index (χ0v) is 14.9. The van der Waals surface area contributed by atoms with Gasteiger partial charge in [-0.15, -0.1) is 0 Å². The first-order chi connectivity index (χ1) is 10.4. The van der Waals surface area contributed by atoms with Crippen LogP contribution in [0, 0.1) is 0 Å². The minimum Gasteiger partial charge on any atom is -0.504 e. The van der Waals surface area contributed by atoms with Crippen molar-refractivity contribution in [2.24, 2.45) is 0 Å². The fraction of sp³-hybridized carbons (Fsp3) is 0.471. The van der Waals surface area contributed by atoms with Crippen molar-refractivity contribution in [1.82, 2.24) is 0 Å². The number of carbonyl (C=O) groups is 1. The third-order valence-electron chi connectivity index (χ3n) is 2.75. The van der Waals surface area contributed by atoms with E-state index in [0.717, 1.165) is 5.56 Å². The highest BCUT2D eigenvalue weighted by molar-refractivity contribution is 6.69. The van der Waals surface area contributed by atoms with Crippen molar-refractivity contribution < 1.29 is 18.7 Å². The number of ether oxygens (including phenoxy) is 2. The van der Waals surface area contributed by atoms with E-state index in [4.69, 9.17) is 13.9 Å². The standard InChI is InChI=1S/C17H26O4Si/c1-19-11-10-16(18)12-17(21-22(2,3)4)14-20-13-15-8-6-5-7-9-15/h5-11,17H,12-14H2,1-4H3/b11-10+/t17-/m0/s1. The molecule has 0 heterocycles. The number of hydrogen-bond acceptors (Lipinski definition) is 4. The van der Waals surface area contributed by atoms with Crippen LogP contribution in [0.2, 0.25) is 19.6 Å². The van der Waals surface area contributed by atoms with Crippen molar-refractivity contribution in [3.8, 4) is 0 Å². The molecule has 0 radical (unpaired) electrons. The maximum absolute atomic E-state index is 11.8. The largest absolute Gasteiger partial charge is 0.504 e. The molecule has 22 heavy (non-hydrogen) atoms. The lowest BCUT2D eigenvalue weighted by Crippen LogP contribution is -2.35. The van der Waals surface area contributed by atoms with Gasteiger partial charge >= 0.3 is 0 Å². The molecule has 0 aliphatic rings. The van der Waals surface area contributed by atoms with Gasteiger partial charge in [0.15, 0.2) is 14.1 Å². The predicted molar refractivity (Wildman–Crippen MR) is 90.1 cm³/mol. The van der Waals surface area contributed by atoms with Crippen LogP contribution in [0.1, 0.15) is 12.0 Å². The van der Waals surface area contributed by atoms with E-state index in [-0.39, 0.29) is 11.9 Å². The molecule has 0 saturated carbocycles. The summed E-state index contributed by atoms with van der Waals surface area (Å²) in [6, 6.07) is 9.96. The van der Waals surface area contributed by atoms with Crippen molar-refractivity contribution in [2.75, 3.05) is 13.7 Å². The minimum absolute atomic E-state index is 0.0200. The highest BCUT2D eigenvalue weighted by atomic mass is 28.4. The fourth-order valence-corrected chi connectivity index (χ4v) is 3.10. The summed E-state index contributed by atoms with van der Waals surface area (Å²) in [6.07, 6.45) is 2.90. The molecule has 1 aromatic carbocycles. The van der Waals surface area contributed by atoms with Gasteiger partial charge in [-0.25, -0.2) is 0 Å². The van der Waals surface area contributed by atoms with Crippen LogP contribution in [-0.2, 0) is 25.3 Å². The molecule has 0 N–H and O–H groups in total. The van der Waals surface area contributed by atoms with Crippen LogP contribution in [0.4, 0.5) is 0 Å². The average Bonchev–Trinajstić information content (AvgIpc) is 2.44. The van der Waals surface area contributed by atoms with Crippen LogP contribution in [0.15, 0.2) is 42.7 Å². The Hall–Kier alpha value is -1.43. The Labute approximate surface area is 134 Å². The monoisotopic (exact) mass is 322 g/mol. The molecule has 0 aliphatic carbocycles. The summed E-state index contributed by atoms with van der Waals surface area (Å²) in [5.74, 6) is -0.0200. The number of methoxy groups -OCH3 is 1. The van der Waals surface area contributed by atoms with Gasteiger partial charge in [0, 0.05) is 12.5 Å². The molecule has 0 aliphatic heterocycles. The van der Waals surface area contributed by atoms with Gasteiger partial charge in [-0.3, -0.25) is 4.79 Å². The van der Waals surface area contributed by atoms with Gasteiger partial charge in [0.2, 0.25) is 0 Å². The Morgan fingerprint density at radius 1 is 1.23 bits per heavy atom. The molecule has 122 valence electrons. The molecule has 0 amide bonds. The van der Waals surface area contributed by atoms with Crippen LogP contribution in [-0.4, -0.2) is 33.9 Å². The molecular formula is C17H26O4Si. The normalized spacial score (nSPS) is 13.3. The predicted octanol–water partition coefficient (Wildman–Crippen LogP) is 3.54. The van der Waals surface area contributed by atoms with Gasteiger partial charge in [-0.05, 0) is 25.2 Å². The van der Waals surface area contributed by atoms with Gasteiger partial charge in [0.1, 0.15) is 0 Å². The molecular weight excluding hydrogens is 296 g/mol. The molecule has 1 rings (SSSR count). The van der Waals surface area contributed by atoms with Crippen LogP contribution in [0.3, 0.4) is 0 Å². The number of hydrogen-bond donors (Lipinski definition) is 0. The van der Waals surface area contributed by atoms with Gasteiger partial charge < -0.3 is 13.9 Å². The second-order valence-electron chi connectivity index (χ2n) is 6.06. The maximum atomic E-state index is 11.8. The van der Waals surface area contributed by atoms with E-state index in [2.05, 4.69) is 19.6 Å². The van der Waals surface area contributed by atoms with Gasteiger partial charge in [-0.1, -0.05) is 30.3 Å². The van der Waals surface area contributed by atoms with Gasteiger partial charge in [0.25, 0.3) is 0 Å². The van der Waals surface area contributed by atoms with Crippen LogP contribution < -0.4 is 0 Å². The van der Waals surface area contributed by atoms with E-state index >= 15 is 0 Å². The first kappa shape index (κ1) is 18.6. The molecule has 0 spiro atoms. The number of benzene rings is 1. The quantitative estimate of drug-likeness (QED) is 0.375. The number of carbonyl (C=O) groups excluding carboxylic acids is 1. The van der Waals surface area contributed by atoms with Crippen molar-refractivity contribution in [1.29, 1.82) is 0 Å². The third-order valence-corrected chi connectivity index (χ3v) is 3.79. The van der Waals surface area contributed by atoms with E-state index < -0.39 is 8.32 Å². The average molecular weight is 322 g/mol. The van der Waals surface area contributed by atoms with Crippen LogP contribution in [0.25, 0.3) is 0 Å². The summed E-state index contributed by atoms with van der Waals surface area (Å²) in [5.41, 5.74) is 1.11. The second-order valence-corrected chi connectivity index (χ2v) is 10.5. The number of rotatable bonds is 10. The van der Waals surface area contributed by atoms with E-state index in [1.54, 1.807) is 0 Å². The topological polar surface area (TPSA) is 44.8 Å². The SMILES string of the molecule is CO/C=C/C(=O)C[C@@H](COCc1ccccc1)O[Si](C)(C)C. The highest BCUT2D eigenvalue weighted by Gasteiger charge is 2.23. The zero-order valence-electron chi connectivity index (χ0n) is 13.9. The Kier molecular flexibility index (Phi) is 8.09. The lowest BCUT2D eigenvalue weighted by Gasteiger charge is -2.25. The Balaban J connectivity index is 2.50. The molecule has 0 bridgehead atoms. The first-order valence-electron chi connectivity index (χ1n) is 7.42. The fourth-order valence-electron chi connectivity index (χ4n) is 1.95. The van der Waals surface area contributed by atoms with Crippen molar-refractivity contribution in [2.45, 2.75) is 38.8 Å². The Bertz CT molecular complexity index is 465. The molecule has 0 unspecified atom stereocenters. The van der Waals surface area contributed by atoms with E-state index in [9.17, 15) is 4.79 Å². The molecule has 1 aromatic rings. The van der Waals surface area contributed by atoms with E-state index in [0.29, 0.717) is 19.6 Å². The van der Waals surface area contributed by atoms with Crippen LogP contribution in [0.5, 0.6) is 0 Å². The molecule has 0 fully saturated rings. The molecule has 5 heteroatoms. The Morgan fingerprint density at radius 3 is 2.50 bits per heavy atom. The number of allylic oxidation sites excluding steroid dienone is 1. The summed E-state index contributed by atoms with van der Waals surface area (Å²) >= 11 is 0. The van der Waals surface area contributed by atoms with Crippen molar-refractivity contribution in [3.05, 3.63) is 48.2 Å². The second kappa shape index (κ2) is 9.56. The van der Waals surface area contributed by atoms with Gasteiger partial charge in [-0.2, -0.15) is 0 Å². The number of ketones is 1. The van der Waals surface area contributed by atoms with Crippen LogP contribution >= 0.6 is 0 Å². The Morgan fingerprint density at radius 2 is 1.91 bits per heavy atom. The summed E-state index contributed by atoms with van der Waals surface area (Å²) in [4.78, 5) is 11.8. The third kappa shape index (κ3) is 8.77. The van der Waals surface area contributed by atoms with Crippen molar-refractivity contribution in [3.63, 3.8) is 0 Å². The lowest BCUT2D eigenvalue weighted by atomic mass is 10.2. The summed E-state index contributed by atoms with van der Waals surface area (Å²) in [7, 11) is -0.219. The molecule has 0 aromatic heterocycles. The maximum Gasteiger partial charge on any atom is 0.184 e. The summed E-state index contributed by atoms with van der Waals surface area (Å²) < 4.78 is 16.5. The first-order valence-corrected chi connectivity index (χ1v) is 10.8. The zero-order chi connectivity index (χ0) is 16.4. The van der Waals surface area contributed by atoms with Crippen molar-refractivity contribution >= 4 is 14.1 Å². The molecule has 1 atom stereocenters. The summed E-state index contributed by atoms with van der Waals surface area (Å²) in [6.45, 7) is 7.24. The highest BCUT2D eigenvalue weighted by Crippen LogP contribution is 2.12. The molecule has 0 saturated heterocycles. The lowest BCUT2D eigenvalue weighted by molar-refractivity contribution is -0.117. The van der Waals surface area contributed by atoms with E-state index in [1.807, 2.05) is 30.3 Å². The van der Waals surface area contributed by atoms with E-state index in [1.165, 1.54) is 19.4 Å². The minimum atomic E-state index is -1.74.